The van der Waals surface area contributed by atoms with E-state index in [0.29, 0.717) is 6.04 Å². The Morgan fingerprint density at radius 3 is 2.71 bits per heavy atom. The number of aryl methyl sites for hydroxylation is 1. The third-order valence-electron chi connectivity index (χ3n) is 4.85. The fourth-order valence-electron chi connectivity index (χ4n) is 3.56. The van der Waals surface area contributed by atoms with Crippen molar-refractivity contribution in [1.29, 1.82) is 0 Å². The quantitative estimate of drug-likeness (QED) is 0.917. The van der Waals surface area contributed by atoms with Crippen LogP contribution >= 0.6 is 0 Å². The molecule has 1 saturated heterocycles. The van der Waals surface area contributed by atoms with Gasteiger partial charge >= 0.3 is 0 Å². The first-order chi connectivity index (χ1) is 10.2. The number of piperazine rings is 1. The van der Waals surface area contributed by atoms with Crippen LogP contribution in [-0.4, -0.2) is 50.2 Å². The van der Waals surface area contributed by atoms with Crippen molar-refractivity contribution >= 4 is 5.69 Å². The highest BCUT2D eigenvalue weighted by Gasteiger charge is 2.19. The Bertz CT molecular complexity index is 464. The minimum Gasteiger partial charge on any atom is -0.369 e. The van der Waals surface area contributed by atoms with Gasteiger partial charge in [-0.3, -0.25) is 0 Å². The Balaban J connectivity index is 1.67. The molecule has 2 aliphatic heterocycles. The minimum absolute atomic E-state index is 0.604. The van der Waals surface area contributed by atoms with E-state index in [9.17, 15) is 0 Å². The van der Waals surface area contributed by atoms with Gasteiger partial charge in [0.1, 0.15) is 0 Å². The highest BCUT2D eigenvalue weighted by Crippen LogP contribution is 2.30. The van der Waals surface area contributed by atoms with E-state index in [-0.39, 0.29) is 0 Å². The third kappa shape index (κ3) is 3.58. The fourth-order valence-corrected chi connectivity index (χ4v) is 3.56. The van der Waals surface area contributed by atoms with Crippen LogP contribution in [0.1, 0.15) is 31.4 Å². The topological polar surface area (TPSA) is 18.5 Å². The monoisotopic (exact) mass is 287 g/mol. The van der Waals surface area contributed by atoms with Crippen molar-refractivity contribution in [2.75, 3.05) is 44.2 Å². The van der Waals surface area contributed by atoms with Crippen LogP contribution in [-0.2, 0) is 12.8 Å². The lowest BCUT2D eigenvalue weighted by atomic mass is 9.97. The van der Waals surface area contributed by atoms with E-state index in [1.807, 2.05) is 0 Å². The molecule has 1 N–H and O–H groups in total. The average Bonchev–Trinajstić information content (AvgIpc) is 2.53. The Morgan fingerprint density at radius 1 is 1.14 bits per heavy atom. The van der Waals surface area contributed by atoms with Gasteiger partial charge in [0.15, 0.2) is 0 Å². The molecular formula is C18H29N3. The largest absolute Gasteiger partial charge is 0.369 e. The van der Waals surface area contributed by atoms with E-state index >= 15 is 0 Å². The Labute approximate surface area is 129 Å². The van der Waals surface area contributed by atoms with Crippen molar-refractivity contribution in [2.24, 2.45) is 0 Å². The lowest BCUT2D eigenvalue weighted by molar-refractivity contribution is 0.244. The summed E-state index contributed by atoms with van der Waals surface area (Å²) in [6, 6.07) is 7.78. The molecule has 0 atom stereocenters. The summed E-state index contributed by atoms with van der Waals surface area (Å²) in [5.74, 6) is 0. The summed E-state index contributed by atoms with van der Waals surface area (Å²) in [6.07, 6.45) is 3.72. The molecule has 2 aliphatic rings. The van der Waals surface area contributed by atoms with Crippen LogP contribution in [0.2, 0.25) is 0 Å². The van der Waals surface area contributed by atoms with Gasteiger partial charge in [-0.2, -0.15) is 0 Å². The van der Waals surface area contributed by atoms with Gasteiger partial charge in [0.2, 0.25) is 0 Å². The van der Waals surface area contributed by atoms with Gasteiger partial charge in [-0.15, -0.1) is 0 Å². The summed E-state index contributed by atoms with van der Waals surface area (Å²) in [6.45, 7) is 11.7. The molecule has 0 radical (unpaired) electrons. The van der Waals surface area contributed by atoms with Crippen molar-refractivity contribution in [3.63, 3.8) is 0 Å². The SMILES string of the molecule is CC(C)N1CCCc2ccc(CCN3CCNCC3)cc21. The molecule has 2 heterocycles. The molecule has 3 rings (SSSR count). The average molecular weight is 287 g/mol. The molecule has 0 unspecified atom stereocenters. The third-order valence-corrected chi connectivity index (χ3v) is 4.85. The van der Waals surface area contributed by atoms with Crippen molar-refractivity contribution in [3.05, 3.63) is 29.3 Å². The number of fused-ring (bicyclic) bond motifs is 1. The summed E-state index contributed by atoms with van der Waals surface area (Å²) < 4.78 is 0. The molecular weight excluding hydrogens is 258 g/mol. The van der Waals surface area contributed by atoms with Gasteiger partial charge in [0.25, 0.3) is 0 Å². The molecule has 3 nitrogen and oxygen atoms in total. The number of hydrogen-bond donors (Lipinski definition) is 1. The van der Waals surface area contributed by atoms with Crippen LogP contribution in [0.3, 0.4) is 0 Å². The van der Waals surface area contributed by atoms with Crippen LogP contribution in [0.5, 0.6) is 0 Å². The normalized spacial score (nSPS) is 19.9. The highest BCUT2D eigenvalue weighted by atomic mass is 15.2. The van der Waals surface area contributed by atoms with Gasteiger partial charge in [-0.25, -0.2) is 0 Å². The predicted molar refractivity (Wildman–Crippen MR) is 90.3 cm³/mol. The molecule has 3 heteroatoms. The molecule has 0 aromatic heterocycles. The number of nitrogens with one attached hydrogen (secondary N) is 1. The molecule has 1 aromatic rings. The molecule has 0 bridgehead atoms. The first-order valence-electron chi connectivity index (χ1n) is 8.55. The van der Waals surface area contributed by atoms with E-state index in [0.717, 1.165) is 13.1 Å². The van der Waals surface area contributed by atoms with E-state index in [1.54, 1.807) is 5.56 Å². The molecule has 21 heavy (non-hydrogen) atoms. The fraction of sp³-hybridized carbons (Fsp3) is 0.667. The Kier molecular flexibility index (Phi) is 4.81. The van der Waals surface area contributed by atoms with E-state index in [1.165, 1.54) is 56.7 Å². The minimum atomic E-state index is 0.604. The van der Waals surface area contributed by atoms with Gasteiger partial charge in [-0.1, -0.05) is 12.1 Å². The lowest BCUT2D eigenvalue weighted by Crippen LogP contribution is -2.44. The zero-order valence-electron chi connectivity index (χ0n) is 13.6. The molecule has 1 aromatic carbocycles. The zero-order chi connectivity index (χ0) is 14.7. The van der Waals surface area contributed by atoms with Crippen LogP contribution in [0, 0.1) is 0 Å². The maximum absolute atomic E-state index is 3.42. The Hall–Kier alpha value is -1.06. The van der Waals surface area contributed by atoms with E-state index in [2.05, 4.69) is 47.2 Å². The van der Waals surface area contributed by atoms with E-state index in [4.69, 9.17) is 0 Å². The maximum Gasteiger partial charge on any atom is 0.0403 e. The van der Waals surface area contributed by atoms with Crippen LogP contribution < -0.4 is 10.2 Å². The zero-order valence-corrected chi connectivity index (χ0v) is 13.6. The molecule has 116 valence electrons. The second kappa shape index (κ2) is 6.80. The molecule has 0 aliphatic carbocycles. The number of benzene rings is 1. The number of anilines is 1. The summed E-state index contributed by atoms with van der Waals surface area (Å²) in [5, 5.41) is 3.42. The van der Waals surface area contributed by atoms with Crippen LogP contribution in [0.4, 0.5) is 5.69 Å². The Morgan fingerprint density at radius 2 is 1.95 bits per heavy atom. The van der Waals surface area contributed by atoms with Crippen molar-refractivity contribution in [2.45, 2.75) is 39.2 Å². The molecule has 0 saturated carbocycles. The van der Waals surface area contributed by atoms with Gasteiger partial charge in [0, 0.05) is 51.0 Å². The van der Waals surface area contributed by atoms with Crippen molar-refractivity contribution in [1.82, 2.24) is 10.2 Å². The first-order valence-corrected chi connectivity index (χ1v) is 8.55. The molecule has 0 spiro atoms. The number of rotatable bonds is 4. The first kappa shape index (κ1) is 14.9. The van der Waals surface area contributed by atoms with Crippen LogP contribution in [0.15, 0.2) is 18.2 Å². The molecule has 1 fully saturated rings. The van der Waals surface area contributed by atoms with Crippen molar-refractivity contribution < 1.29 is 0 Å². The van der Waals surface area contributed by atoms with Gasteiger partial charge in [0.05, 0.1) is 0 Å². The lowest BCUT2D eigenvalue weighted by Gasteiger charge is -2.35. The predicted octanol–water partition coefficient (Wildman–Crippen LogP) is 2.30. The van der Waals surface area contributed by atoms with Crippen molar-refractivity contribution in [3.8, 4) is 0 Å². The molecule has 0 amide bonds. The van der Waals surface area contributed by atoms with E-state index < -0.39 is 0 Å². The number of hydrogen-bond acceptors (Lipinski definition) is 3. The number of nitrogens with zero attached hydrogens (tertiary/aromatic N) is 2. The second-order valence-electron chi connectivity index (χ2n) is 6.70. The summed E-state index contributed by atoms with van der Waals surface area (Å²) in [7, 11) is 0. The summed E-state index contributed by atoms with van der Waals surface area (Å²) in [4.78, 5) is 5.16. The summed E-state index contributed by atoms with van der Waals surface area (Å²) >= 11 is 0. The summed E-state index contributed by atoms with van der Waals surface area (Å²) in [5.41, 5.74) is 4.54. The van der Waals surface area contributed by atoms with Crippen LogP contribution in [0.25, 0.3) is 0 Å². The van der Waals surface area contributed by atoms with Gasteiger partial charge in [-0.05, 0) is 50.3 Å². The standard InChI is InChI=1S/C18H29N3/c1-15(2)21-10-3-4-17-6-5-16(14-18(17)21)7-11-20-12-8-19-9-13-20/h5-6,14-15,19H,3-4,7-13H2,1-2H3. The second-order valence-corrected chi connectivity index (χ2v) is 6.70. The smallest absolute Gasteiger partial charge is 0.0403 e. The highest BCUT2D eigenvalue weighted by molar-refractivity contribution is 5.58. The van der Waals surface area contributed by atoms with Gasteiger partial charge < -0.3 is 15.1 Å². The maximum atomic E-state index is 3.42.